The molecule has 3 nitrogen and oxygen atoms in total. The van der Waals surface area contributed by atoms with Crippen molar-refractivity contribution in [2.75, 3.05) is 20.1 Å². The summed E-state index contributed by atoms with van der Waals surface area (Å²) in [7, 11) is 1.96. The second-order valence-electron chi connectivity index (χ2n) is 5.87. The topological polar surface area (TPSA) is 32.3 Å². The van der Waals surface area contributed by atoms with Crippen LogP contribution in [0.2, 0.25) is 0 Å². The van der Waals surface area contributed by atoms with E-state index < -0.39 is 0 Å². The smallest absolute Gasteiger partial charge is 0.230 e. The number of nitrogens with zero attached hydrogens (tertiary/aromatic N) is 1. The number of hydrogen-bond acceptors (Lipinski definition) is 2. The largest absolute Gasteiger partial charge is 0.341 e. The Morgan fingerprint density at radius 3 is 2.57 bits per heavy atom. The van der Waals surface area contributed by atoms with Crippen molar-refractivity contribution in [3.05, 3.63) is 35.9 Å². The molecule has 1 fully saturated rings. The van der Waals surface area contributed by atoms with E-state index in [1.807, 2.05) is 30.1 Å². The van der Waals surface area contributed by atoms with Crippen molar-refractivity contribution in [3.63, 3.8) is 0 Å². The number of likely N-dealkylation sites (N-methyl/N-ethyl adjacent to an activating group) is 1. The zero-order valence-corrected chi connectivity index (χ0v) is 14.0. The summed E-state index contributed by atoms with van der Waals surface area (Å²) in [6.07, 6.45) is 2.08. The predicted molar refractivity (Wildman–Crippen MR) is 89.9 cm³/mol. The zero-order chi connectivity index (χ0) is 14.5. The molecule has 1 N–H and O–H groups in total. The summed E-state index contributed by atoms with van der Waals surface area (Å²) in [5.41, 5.74) is 1.14. The minimum atomic E-state index is -0.0215. The molecule has 0 aromatic heterocycles. The minimum Gasteiger partial charge on any atom is -0.341 e. The lowest BCUT2D eigenvalue weighted by atomic mass is 9.84. The maximum atomic E-state index is 12.9. The van der Waals surface area contributed by atoms with Gasteiger partial charge in [-0.1, -0.05) is 50.6 Å². The third-order valence-electron chi connectivity index (χ3n) is 4.57. The van der Waals surface area contributed by atoms with E-state index in [0.29, 0.717) is 12.0 Å². The van der Waals surface area contributed by atoms with Crippen LogP contribution in [-0.2, 0) is 4.79 Å². The quantitative estimate of drug-likeness (QED) is 0.906. The molecule has 1 amide bonds. The van der Waals surface area contributed by atoms with Gasteiger partial charge < -0.3 is 10.2 Å². The van der Waals surface area contributed by atoms with E-state index in [2.05, 4.69) is 31.3 Å². The van der Waals surface area contributed by atoms with Crippen LogP contribution < -0.4 is 5.32 Å². The van der Waals surface area contributed by atoms with Crippen molar-refractivity contribution in [3.8, 4) is 0 Å². The van der Waals surface area contributed by atoms with Gasteiger partial charge in [0.25, 0.3) is 0 Å². The average Bonchev–Trinajstić information content (AvgIpc) is 3.01. The first-order valence-electron chi connectivity index (χ1n) is 7.67. The lowest BCUT2D eigenvalue weighted by Crippen LogP contribution is -2.42. The molecule has 1 aromatic carbocycles. The second kappa shape index (κ2) is 8.40. The Hall–Kier alpha value is -1.06. The normalized spacial score (nSPS) is 20.4. The molecular weight excluding hydrogens is 284 g/mol. The third-order valence-corrected chi connectivity index (χ3v) is 4.57. The first kappa shape index (κ1) is 18.0. The van der Waals surface area contributed by atoms with Crippen molar-refractivity contribution in [1.82, 2.24) is 10.2 Å². The standard InChI is InChI=1S/C17H26N2O.ClH/c1-4-13(2)16(14-8-6-5-7-9-14)17(20)19(3)15-10-11-18-12-15;/h5-9,13,15-16,18H,4,10-12H2,1-3H3;1H. The van der Waals surface area contributed by atoms with Crippen molar-refractivity contribution in [2.45, 2.75) is 38.6 Å². The van der Waals surface area contributed by atoms with E-state index in [-0.39, 0.29) is 24.2 Å². The fourth-order valence-corrected chi connectivity index (χ4v) is 2.98. The molecule has 118 valence electrons. The predicted octanol–water partition coefficient (Wildman–Crippen LogP) is 3.06. The van der Waals surface area contributed by atoms with Crippen molar-refractivity contribution >= 4 is 18.3 Å². The number of amides is 1. The highest BCUT2D eigenvalue weighted by molar-refractivity contribution is 5.85. The highest BCUT2D eigenvalue weighted by Crippen LogP contribution is 2.29. The highest BCUT2D eigenvalue weighted by atomic mass is 35.5. The Kier molecular flexibility index (Phi) is 7.20. The molecule has 0 bridgehead atoms. The second-order valence-corrected chi connectivity index (χ2v) is 5.87. The van der Waals surface area contributed by atoms with Crippen LogP contribution in [0.15, 0.2) is 30.3 Å². The molecule has 0 saturated carbocycles. The number of nitrogens with one attached hydrogen (secondary N) is 1. The summed E-state index contributed by atoms with van der Waals surface area (Å²) in [4.78, 5) is 14.9. The van der Waals surface area contributed by atoms with E-state index in [1.54, 1.807) is 0 Å². The Balaban J connectivity index is 0.00000220. The van der Waals surface area contributed by atoms with Crippen LogP contribution in [0, 0.1) is 5.92 Å². The molecule has 0 spiro atoms. The number of benzene rings is 1. The minimum absolute atomic E-state index is 0. The molecule has 21 heavy (non-hydrogen) atoms. The van der Waals surface area contributed by atoms with Crippen molar-refractivity contribution < 1.29 is 4.79 Å². The van der Waals surface area contributed by atoms with Gasteiger partial charge in [-0.15, -0.1) is 12.4 Å². The molecule has 0 aliphatic carbocycles. The summed E-state index contributed by atoms with van der Waals surface area (Å²) in [5.74, 6) is 0.604. The van der Waals surface area contributed by atoms with Gasteiger partial charge in [-0.3, -0.25) is 4.79 Å². The molecule has 4 heteroatoms. The van der Waals surface area contributed by atoms with Gasteiger partial charge >= 0.3 is 0 Å². The zero-order valence-electron chi connectivity index (χ0n) is 13.2. The van der Waals surface area contributed by atoms with Gasteiger partial charge in [0.15, 0.2) is 0 Å². The van der Waals surface area contributed by atoms with Crippen LogP contribution in [0.5, 0.6) is 0 Å². The number of hydrogen-bond donors (Lipinski definition) is 1. The van der Waals surface area contributed by atoms with Gasteiger partial charge in [0.05, 0.1) is 5.92 Å². The van der Waals surface area contributed by atoms with Gasteiger partial charge in [0.2, 0.25) is 5.91 Å². The Morgan fingerprint density at radius 1 is 1.38 bits per heavy atom. The summed E-state index contributed by atoms with van der Waals surface area (Å²) in [6.45, 7) is 6.27. The summed E-state index contributed by atoms with van der Waals surface area (Å²) >= 11 is 0. The van der Waals surface area contributed by atoms with Gasteiger partial charge in [-0.2, -0.15) is 0 Å². The van der Waals surface area contributed by atoms with E-state index in [9.17, 15) is 4.79 Å². The molecular formula is C17H27ClN2O. The van der Waals surface area contributed by atoms with E-state index in [4.69, 9.17) is 0 Å². The molecule has 1 aliphatic rings. The van der Waals surface area contributed by atoms with Crippen LogP contribution in [0.4, 0.5) is 0 Å². The lowest BCUT2D eigenvalue weighted by molar-refractivity contribution is -0.134. The number of rotatable bonds is 5. The fourth-order valence-electron chi connectivity index (χ4n) is 2.98. The Bertz CT molecular complexity index is 432. The highest BCUT2D eigenvalue weighted by Gasteiger charge is 2.32. The van der Waals surface area contributed by atoms with Crippen LogP contribution in [0.3, 0.4) is 0 Å². The fraction of sp³-hybridized carbons (Fsp3) is 0.588. The summed E-state index contributed by atoms with van der Waals surface area (Å²) < 4.78 is 0. The lowest BCUT2D eigenvalue weighted by Gasteiger charge is -2.31. The average molecular weight is 311 g/mol. The molecule has 2 rings (SSSR count). The maximum absolute atomic E-state index is 12.9. The van der Waals surface area contributed by atoms with E-state index in [1.165, 1.54) is 0 Å². The van der Waals surface area contributed by atoms with Gasteiger partial charge in [-0.25, -0.2) is 0 Å². The summed E-state index contributed by atoms with van der Waals surface area (Å²) in [6, 6.07) is 10.6. The van der Waals surface area contributed by atoms with Crippen LogP contribution in [0.25, 0.3) is 0 Å². The maximum Gasteiger partial charge on any atom is 0.230 e. The monoisotopic (exact) mass is 310 g/mol. The SMILES string of the molecule is CCC(C)C(C(=O)N(C)C1CCNC1)c1ccccc1.Cl. The van der Waals surface area contributed by atoms with E-state index in [0.717, 1.165) is 31.5 Å². The van der Waals surface area contributed by atoms with Gasteiger partial charge in [0.1, 0.15) is 0 Å². The molecule has 3 unspecified atom stereocenters. The van der Waals surface area contributed by atoms with Crippen molar-refractivity contribution in [1.29, 1.82) is 0 Å². The molecule has 1 heterocycles. The number of carbonyl (C=O) groups excluding carboxylic acids is 1. The van der Waals surface area contributed by atoms with Crippen LogP contribution in [0.1, 0.15) is 38.2 Å². The first-order chi connectivity index (χ1) is 9.65. The van der Waals surface area contributed by atoms with Gasteiger partial charge in [-0.05, 0) is 24.4 Å². The molecule has 1 aromatic rings. The van der Waals surface area contributed by atoms with Crippen LogP contribution >= 0.6 is 12.4 Å². The molecule has 1 saturated heterocycles. The third kappa shape index (κ3) is 4.21. The summed E-state index contributed by atoms with van der Waals surface area (Å²) in [5, 5.41) is 3.34. The van der Waals surface area contributed by atoms with E-state index >= 15 is 0 Å². The van der Waals surface area contributed by atoms with Crippen molar-refractivity contribution in [2.24, 2.45) is 5.92 Å². The number of halogens is 1. The van der Waals surface area contributed by atoms with Crippen LogP contribution in [-0.4, -0.2) is 37.0 Å². The first-order valence-corrected chi connectivity index (χ1v) is 7.67. The van der Waals surface area contributed by atoms with Gasteiger partial charge in [0, 0.05) is 19.6 Å². The Morgan fingerprint density at radius 2 is 2.05 bits per heavy atom. The number of carbonyl (C=O) groups is 1. The molecule has 3 atom stereocenters. The Labute approximate surface area is 134 Å². The molecule has 1 aliphatic heterocycles. The molecule has 0 radical (unpaired) electrons.